The minimum absolute atomic E-state index is 0.192. The van der Waals surface area contributed by atoms with Gasteiger partial charge in [-0.15, -0.1) is 0 Å². The zero-order valence-corrected chi connectivity index (χ0v) is 16.0. The van der Waals surface area contributed by atoms with Gasteiger partial charge in [-0.25, -0.2) is 5.43 Å². The van der Waals surface area contributed by atoms with Crippen molar-refractivity contribution in [2.75, 3.05) is 13.1 Å². The Bertz CT molecular complexity index is 886. The molecule has 2 aromatic rings. The van der Waals surface area contributed by atoms with Crippen LogP contribution in [0.15, 0.2) is 33.5 Å². The zero-order valence-electron chi connectivity index (χ0n) is 16.0. The van der Waals surface area contributed by atoms with Gasteiger partial charge in [0.1, 0.15) is 5.71 Å². The Hall–Kier alpha value is -2.60. The molecule has 142 valence electrons. The first-order valence-corrected chi connectivity index (χ1v) is 9.80. The number of aromatic amines is 1. The second-order valence-electron chi connectivity index (χ2n) is 7.08. The number of fused-ring (bicyclic) bond motifs is 1. The zero-order chi connectivity index (χ0) is 18.8. The Kier molecular flexibility index (Phi) is 4.99. The highest BCUT2D eigenvalue weighted by atomic mass is 16.3. The molecule has 1 aliphatic heterocycles. The smallest absolute Gasteiger partial charge is 0.273 e. The maximum absolute atomic E-state index is 12.4. The van der Waals surface area contributed by atoms with Crippen molar-refractivity contribution < 1.29 is 9.21 Å². The van der Waals surface area contributed by atoms with E-state index in [4.69, 9.17) is 4.42 Å². The Morgan fingerprint density at radius 1 is 1.26 bits per heavy atom. The molecule has 0 radical (unpaired) electrons. The number of H-pyrrole nitrogens is 1. The number of hydrogen-bond acceptors (Lipinski definition) is 4. The highest BCUT2D eigenvalue weighted by Gasteiger charge is 2.28. The summed E-state index contributed by atoms with van der Waals surface area (Å²) in [6, 6.07) is 3.63. The lowest BCUT2D eigenvalue weighted by Crippen LogP contribution is -2.23. The molecule has 0 aromatic carbocycles. The van der Waals surface area contributed by atoms with Crippen LogP contribution in [0.1, 0.15) is 55.0 Å². The monoisotopic (exact) mass is 366 g/mol. The molecule has 4 rings (SSSR count). The fraction of sp³-hybridized carbons (Fsp3) is 0.429. The van der Waals surface area contributed by atoms with Crippen molar-refractivity contribution in [3.05, 3.63) is 52.2 Å². The van der Waals surface area contributed by atoms with Gasteiger partial charge in [0.15, 0.2) is 5.76 Å². The second kappa shape index (κ2) is 7.56. The molecule has 1 amide bonds. The van der Waals surface area contributed by atoms with E-state index in [2.05, 4.69) is 34.3 Å². The molecule has 0 saturated heterocycles. The van der Waals surface area contributed by atoms with Crippen molar-refractivity contribution in [2.45, 2.75) is 46.1 Å². The lowest BCUT2D eigenvalue weighted by molar-refractivity contribution is -0.116. The lowest BCUT2D eigenvalue weighted by atomic mass is 9.93. The first-order chi connectivity index (χ1) is 13.2. The normalized spacial score (nSPS) is 18.1. The van der Waals surface area contributed by atoms with E-state index in [1.807, 2.05) is 12.1 Å². The number of amides is 1. The summed E-state index contributed by atoms with van der Waals surface area (Å²) >= 11 is 0. The van der Waals surface area contributed by atoms with Gasteiger partial charge in [-0.2, -0.15) is 5.10 Å². The van der Waals surface area contributed by atoms with Crippen LogP contribution in [0.2, 0.25) is 0 Å². The van der Waals surface area contributed by atoms with Gasteiger partial charge in [-0.3, -0.25) is 9.69 Å². The van der Waals surface area contributed by atoms with Crippen LogP contribution in [0.3, 0.4) is 0 Å². The van der Waals surface area contributed by atoms with Crippen LogP contribution >= 0.6 is 0 Å². The number of rotatable bonds is 6. The van der Waals surface area contributed by atoms with Crippen molar-refractivity contribution in [1.82, 2.24) is 15.3 Å². The van der Waals surface area contributed by atoms with Gasteiger partial charge in [0, 0.05) is 17.9 Å². The van der Waals surface area contributed by atoms with Crippen LogP contribution in [0.25, 0.3) is 6.08 Å². The fourth-order valence-electron chi connectivity index (χ4n) is 3.97. The van der Waals surface area contributed by atoms with E-state index in [0.717, 1.165) is 38.2 Å². The van der Waals surface area contributed by atoms with E-state index < -0.39 is 0 Å². The number of carbonyl (C=O) groups excluding carboxylic acids is 1. The Labute approximate surface area is 159 Å². The number of hydrogen-bond donors (Lipinski definition) is 2. The molecule has 1 aliphatic carbocycles. The summed E-state index contributed by atoms with van der Waals surface area (Å²) in [5, 5.41) is 4.17. The molecule has 0 atom stereocenters. The average Bonchev–Trinajstić information content (AvgIpc) is 3.40. The van der Waals surface area contributed by atoms with Gasteiger partial charge >= 0.3 is 0 Å². The van der Waals surface area contributed by atoms with Crippen LogP contribution in [-0.4, -0.2) is 34.6 Å². The van der Waals surface area contributed by atoms with Gasteiger partial charge in [-0.05, 0) is 68.1 Å². The summed E-state index contributed by atoms with van der Waals surface area (Å²) in [5.74, 6) is 0.406. The number of hydrazone groups is 1. The first kappa shape index (κ1) is 17.8. The predicted molar refractivity (Wildman–Crippen MR) is 105 cm³/mol. The summed E-state index contributed by atoms with van der Waals surface area (Å²) in [7, 11) is 0. The molecule has 27 heavy (non-hydrogen) atoms. The van der Waals surface area contributed by atoms with Gasteiger partial charge in [0.2, 0.25) is 0 Å². The molecule has 0 bridgehead atoms. The molecule has 6 heteroatoms. The quantitative estimate of drug-likeness (QED) is 0.771. The van der Waals surface area contributed by atoms with Crippen molar-refractivity contribution >= 4 is 17.7 Å². The number of aryl methyl sites for hydroxylation is 1. The third-order valence-electron chi connectivity index (χ3n) is 5.53. The highest BCUT2D eigenvalue weighted by Crippen LogP contribution is 2.30. The molecular formula is C21H26N4O2. The summed E-state index contributed by atoms with van der Waals surface area (Å²) in [4.78, 5) is 18.4. The van der Waals surface area contributed by atoms with Crippen LogP contribution in [0.5, 0.6) is 0 Å². The van der Waals surface area contributed by atoms with Crippen molar-refractivity contribution in [1.29, 1.82) is 0 Å². The Balaban J connectivity index is 1.76. The van der Waals surface area contributed by atoms with Crippen LogP contribution in [0.4, 0.5) is 0 Å². The largest absolute Gasteiger partial charge is 0.463 e. The number of carbonyl (C=O) groups is 1. The average molecular weight is 366 g/mol. The van der Waals surface area contributed by atoms with Crippen molar-refractivity contribution in [3.8, 4) is 0 Å². The van der Waals surface area contributed by atoms with E-state index in [9.17, 15) is 4.79 Å². The predicted octanol–water partition coefficient (Wildman–Crippen LogP) is 3.25. The molecule has 0 spiro atoms. The molecule has 0 fully saturated rings. The molecule has 2 aromatic heterocycles. The molecule has 2 aliphatic rings. The number of nitrogens with one attached hydrogen (secondary N) is 2. The lowest BCUT2D eigenvalue weighted by Gasteiger charge is -2.20. The van der Waals surface area contributed by atoms with Crippen molar-refractivity contribution in [3.63, 3.8) is 0 Å². The third-order valence-corrected chi connectivity index (χ3v) is 5.53. The summed E-state index contributed by atoms with van der Waals surface area (Å²) in [5.41, 5.74) is 8.79. The summed E-state index contributed by atoms with van der Waals surface area (Å²) in [6.45, 7) is 7.28. The number of aromatic nitrogens is 1. The molecule has 3 heterocycles. The van der Waals surface area contributed by atoms with Crippen LogP contribution in [0, 0.1) is 0 Å². The molecule has 0 saturated carbocycles. The fourth-order valence-corrected chi connectivity index (χ4v) is 3.97. The SMILES string of the molecule is CCN(CC)Cc1c(/C=C2\C(=O)NN=C2c2ccco2)[nH]c2c1CCCC2. The molecule has 0 unspecified atom stereocenters. The molecular weight excluding hydrogens is 340 g/mol. The third kappa shape index (κ3) is 3.37. The van der Waals surface area contributed by atoms with E-state index in [-0.39, 0.29) is 5.91 Å². The van der Waals surface area contributed by atoms with E-state index in [1.165, 1.54) is 29.7 Å². The topological polar surface area (TPSA) is 73.6 Å². The van der Waals surface area contributed by atoms with Crippen LogP contribution in [-0.2, 0) is 24.2 Å². The minimum Gasteiger partial charge on any atom is -0.463 e. The van der Waals surface area contributed by atoms with Gasteiger partial charge in [-0.1, -0.05) is 13.8 Å². The molecule has 2 N–H and O–H groups in total. The summed E-state index contributed by atoms with van der Waals surface area (Å²) < 4.78 is 5.46. The Morgan fingerprint density at radius 2 is 2.07 bits per heavy atom. The van der Waals surface area contributed by atoms with Gasteiger partial charge < -0.3 is 9.40 Å². The van der Waals surface area contributed by atoms with Gasteiger partial charge in [0.25, 0.3) is 5.91 Å². The Morgan fingerprint density at radius 3 is 2.81 bits per heavy atom. The number of nitrogens with zero attached hydrogens (tertiary/aromatic N) is 2. The minimum atomic E-state index is -0.192. The maximum atomic E-state index is 12.4. The summed E-state index contributed by atoms with van der Waals surface area (Å²) in [6.07, 6.45) is 8.17. The van der Waals surface area contributed by atoms with E-state index >= 15 is 0 Å². The highest BCUT2D eigenvalue weighted by molar-refractivity contribution is 6.32. The first-order valence-electron chi connectivity index (χ1n) is 9.80. The standard InChI is InChI=1S/C21H26N4O2/c1-3-25(4-2)13-16-14-8-5-6-9-17(14)22-18(16)12-15-20(23-24-21(15)26)19-10-7-11-27-19/h7,10-12,22H,3-6,8-9,13H2,1-2H3,(H,24,26)/b15-12-. The van der Waals surface area contributed by atoms with Gasteiger partial charge in [0.05, 0.1) is 11.8 Å². The van der Waals surface area contributed by atoms with Crippen molar-refractivity contribution in [2.24, 2.45) is 5.10 Å². The van der Waals surface area contributed by atoms with Crippen LogP contribution < -0.4 is 5.43 Å². The second-order valence-corrected chi connectivity index (χ2v) is 7.08. The van der Waals surface area contributed by atoms with E-state index in [0.29, 0.717) is 17.0 Å². The van der Waals surface area contributed by atoms with E-state index in [1.54, 1.807) is 12.3 Å². The number of furan rings is 1. The molecule has 6 nitrogen and oxygen atoms in total. The maximum Gasteiger partial charge on any atom is 0.273 e.